The SMILES string of the molecule is CNS(=O)(=O)C[C@@]1(N)CCCCc2ccc([N+](=O)[O-])cc21. The van der Waals surface area contributed by atoms with Crippen LogP contribution in [0.25, 0.3) is 0 Å². The number of rotatable bonds is 4. The van der Waals surface area contributed by atoms with E-state index in [2.05, 4.69) is 4.72 Å². The predicted molar refractivity (Wildman–Crippen MR) is 79.4 cm³/mol. The van der Waals surface area contributed by atoms with Gasteiger partial charge in [-0.05, 0) is 37.4 Å². The van der Waals surface area contributed by atoms with Crippen molar-refractivity contribution in [3.05, 3.63) is 39.4 Å². The summed E-state index contributed by atoms with van der Waals surface area (Å²) < 4.78 is 26.0. The zero-order valence-corrected chi connectivity index (χ0v) is 12.6. The summed E-state index contributed by atoms with van der Waals surface area (Å²) in [4.78, 5) is 10.5. The van der Waals surface area contributed by atoms with Gasteiger partial charge in [0, 0.05) is 12.1 Å². The average Bonchev–Trinajstić information content (AvgIpc) is 2.57. The van der Waals surface area contributed by atoms with Crippen LogP contribution in [0.15, 0.2) is 18.2 Å². The summed E-state index contributed by atoms with van der Waals surface area (Å²) in [5.74, 6) is -0.273. The number of aryl methyl sites for hydroxylation is 1. The van der Waals surface area contributed by atoms with E-state index in [0.717, 1.165) is 24.8 Å². The monoisotopic (exact) mass is 313 g/mol. The third-order valence-corrected chi connectivity index (χ3v) is 5.44. The van der Waals surface area contributed by atoms with Gasteiger partial charge in [-0.3, -0.25) is 10.1 Å². The highest BCUT2D eigenvalue weighted by Crippen LogP contribution is 2.35. The molecule has 0 spiro atoms. The zero-order chi connectivity index (χ0) is 15.7. The Bertz CT molecular complexity index is 659. The fourth-order valence-corrected chi connectivity index (χ4v) is 3.93. The van der Waals surface area contributed by atoms with Crippen molar-refractivity contribution in [2.45, 2.75) is 31.2 Å². The second kappa shape index (κ2) is 5.70. The minimum atomic E-state index is -3.51. The van der Waals surface area contributed by atoms with Gasteiger partial charge in [0.25, 0.3) is 5.69 Å². The van der Waals surface area contributed by atoms with Crippen molar-refractivity contribution in [1.29, 1.82) is 0 Å². The lowest BCUT2D eigenvalue weighted by Gasteiger charge is -2.29. The third kappa shape index (κ3) is 3.39. The maximum absolute atomic E-state index is 11.9. The average molecular weight is 313 g/mol. The molecule has 1 atom stereocenters. The van der Waals surface area contributed by atoms with Gasteiger partial charge in [0.05, 0.1) is 16.2 Å². The lowest BCUT2D eigenvalue weighted by atomic mass is 9.87. The van der Waals surface area contributed by atoms with Crippen LogP contribution in [0.3, 0.4) is 0 Å². The number of nitrogens with zero attached hydrogens (tertiary/aromatic N) is 1. The van der Waals surface area contributed by atoms with E-state index < -0.39 is 20.5 Å². The Kier molecular flexibility index (Phi) is 4.31. The van der Waals surface area contributed by atoms with Crippen molar-refractivity contribution in [2.75, 3.05) is 12.8 Å². The first kappa shape index (κ1) is 15.9. The molecule has 1 aliphatic carbocycles. The lowest BCUT2D eigenvalue weighted by molar-refractivity contribution is -0.385. The maximum Gasteiger partial charge on any atom is 0.269 e. The van der Waals surface area contributed by atoms with Gasteiger partial charge in [0.2, 0.25) is 10.0 Å². The van der Waals surface area contributed by atoms with Crippen LogP contribution in [0.4, 0.5) is 5.69 Å². The third-order valence-electron chi connectivity index (χ3n) is 3.92. The molecule has 0 radical (unpaired) electrons. The largest absolute Gasteiger partial charge is 0.321 e. The molecule has 0 unspecified atom stereocenters. The molecule has 0 saturated heterocycles. The Labute approximate surface area is 123 Å². The Balaban J connectivity index is 2.54. The van der Waals surface area contributed by atoms with Gasteiger partial charge in [-0.15, -0.1) is 0 Å². The van der Waals surface area contributed by atoms with Gasteiger partial charge in [-0.2, -0.15) is 0 Å². The van der Waals surface area contributed by atoms with Crippen LogP contribution in [0.5, 0.6) is 0 Å². The van der Waals surface area contributed by atoms with Crippen molar-refractivity contribution in [2.24, 2.45) is 5.73 Å². The predicted octanol–water partition coefficient (Wildman–Crippen LogP) is 1.02. The van der Waals surface area contributed by atoms with Gasteiger partial charge in [-0.1, -0.05) is 12.5 Å². The first-order chi connectivity index (χ1) is 9.77. The van der Waals surface area contributed by atoms with Gasteiger partial charge in [-0.25, -0.2) is 13.1 Å². The minimum Gasteiger partial charge on any atom is -0.321 e. The maximum atomic E-state index is 11.9. The first-order valence-electron chi connectivity index (χ1n) is 6.75. The van der Waals surface area contributed by atoms with Crippen LogP contribution in [0.2, 0.25) is 0 Å². The van der Waals surface area contributed by atoms with E-state index in [-0.39, 0.29) is 11.4 Å². The summed E-state index contributed by atoms with van der Waals surface area (Å²) in [6, 6.07) is 4.55. The number of hydrogen-bond acceptors (Lipinski definition) is 5. The second-order valence-electron chi connectivity index (χ2n) is 5.43. The van der Waals surface area contributed by atoms with Gasteiger partial charge >= 0.3 is 0 Å². The Morgan fingerprint density at radius 2 is 2.14 bits per heavy atom. The molecule has 0 saturated carbocycles. The molecule has 116 valence electrons. The molecular formula is C13H19N3O4S. The number of non-ortho nitro benzene ring substituents is 1. The van der Waals surface area contributed by atoms with Crippen molar-refractivity contribution < 1.29 is 13.3 Å². The van der Waals surface area contributed by atoms with E-state index >= 15 is 0 Å². The number of fused-ring (bicyclic) bond motifs is 1. The quantitative estimate of drug-likeness (QED) is 0.489. The highest BCUT2D eigenvalue weighted by Gasteiger charge is 2.36. The zero-order valence-electron chi connectivity index (χ0n) is 11.8. The van der Waals surface area contributed by atoms with Crippen LogP contribution in [-0.4, -0.2) is 26.1 Å². The number of sulfonamides is 1. The van der Waals surface area contributed by atoms with Crippen LogP contribution >= 0.6 is 0 Å². The van der Waals surface area contributed by atoms with Gasteiger partial charge in [0.1, 0.15) is 0 Å². The van der Waals surface area contributed by atoms with E-state index in [1.807, 2.05) is 0 Å². The minimum absolute atomic E-state index is 0.0627. The van der Waals surface area contributed by atoms with Crippen LogP contribution in [0.1, 0.15) is 30.4 Å². The van der Waals surface area contributed by atoms with Crippen LogP contribution < -0.4 is 10.5 Å². The molecule has 0 heterocycles. The van der Waals surface area contributed by atoms with Crippen molar-refractivity contribution in [3.63, 3.8) is 0 Å². The summed E-state index contributed by atoms with van der Waals surface area (Å²) >= 11 is 0. The normalized spacial score (nSPS) is 22.4. The van der Waals surface area contributed by atoms with E-state index in [4.69, 9.17) is 5.73 Å². The molecule has 1 aromatic carbocycles. The molecule has 1 aromatic rings. The van der Waals surface area contributed by atoms with E-state index in [1.54, 1.807) is 6.07 Å². The summed E-state index contributed by atoms with van der Waals surface area (Å²) in [6.45, 7) is 0. The fraction of sp³-hybridized carbons (Fsp3) is 0.538. The number of nitrogens with one attached hydrogen (secondary N) is 1. The molecule has 7 nitrogen and oxygen atoms in total. The highest BCUT2D eigenvalue weighted by molar-refractivity contribution is 7.89. The second-order valence-corrected chi connectivity index (χ2v) is 7.35. The highest BCUT2D eigenvalue weighted by atomic mass is 32.2. The van der Waals surface area contributed by atoms with Crippen molar-refractivity contribution in [1.82, 2.24) is 4.72 Å². The summed E-state index contributed by atoms with van der Waals surface area (Å²) in [6.07, 6.45) is 2.93. The summed E-state index contributed by atoms with van der Waals surface area (Å²) in [5.41, 5.74) is 6.67. The molecule has 0 aliphatic heterocycles. The molecule has 0 fully saturated rings. The molecule has 3 N–H and O–H groups in total. The molecule has 8 heteroatoms. The van der Waals surface area contributed by atoms with Gasteiger partial charge < -0.3 is 5.73 Å². The molecular weight excluding hydrogens is 294 g/mol. The Morgan fingerprint density at radius 3 is 2.76 bits per heavy atom. The van der Waals surface area contributed by atoms with Gasteiger partial charge in [0.15, 0.2) is 0 Å². The van der Waals surface area contributed by atoms with E-state index in [9.17, 15) is 18.5 Å². The molecule has 2 rings (SSSR count). The number of nitro groups is 1. The Hall–Kier alpha value is -1.51. The van der Waals surface area contributed by atoms with Crippen molar-refractivity contribution in [3.8, 4) is 0 Å². The number of hydrogen-bond donors (Lipinski definition) is 2. The number of nitro benzene ring substituents is 1. The topological polar surface area (TPSA) is 115 Å². The number of nitrogens with two attached hydrogens (primary N) is 1. The number of benzene rings is 1. The Morgan fingerprint density at radius 1 is 1.43 bits per heavy atom. The molecule has 1 aliphatic rings. The standard InChI is InChI=1S/C13H19N3O4S/c1-15-21(19,20)9-13(14)7-3-2-4-10-5-6-11(16(17)18)8-12(10)13/h5-6,8,15H,2-4,7,9,14H2,1H3/t13-/m0/s1. The summed E-state index contributed by atoms with van der Waals surface area (Å²) in [5, 5.41) is 11.0. The summed E-state index contributed by atoms with van der Waals surface area (Å²) in [7, 11) is -2.18. The molecule has 0 amide bonds. The first-order valence-corrected chi connectivity index (χ1v) is 8.40. The fourth-order valence-electron chi connectivity index (χ4n) is 2.81. The lowest BCUT2D eigenvalue weighted by Crippen LogP contribution is -2.46. The van der Waals surface area contributed by atoms with Crippen LogP contribution in [-0.2, 0) is 22.0 Å². The van der Waals surface area contributed by atoms with Crippen LogP contribution in [0, 0.1) is 10.1 Å². The molecule has 21 heavy (non-hydrogen) atoms. The van der Waals surface area contributed by atoms with Crippen molar-refractivity contribution >= 4 is 15.7 Å². The molecule has 0 aromatic heterocycles. The molecule has 0 bridgehead atoms. The van der Waals surface area contributed by atoms with E-state index in [0.29, 0.717) is 12.0 Å². The van der Waals surface area contributed by atoms with E-state index in [1.165, 1.54) is 19.2 Å². The smallest absolute Gasteiger partial charge is 0.269 e.